The summed E-state index contributed by atoms with van der Waals surface area (Å²) in [5.74, 6) is -0.310. The van der Waals surface area contributed by atoms with Crippen LogP contribution in [0.25, 0.3) is 0 Å². The van der Waals surface area contributed by atoms with Gasteiger partial charge in [0.1, 0.15) is 17.8 Å². The van der Waals surface area contributed by atoms with E-state index >= 15 is 0 Å². The first-order chi connectivity index (χ1) is 8.66. The summed E-state index contributed by atoms with van der Waals surface area (Å²) in [6.45, 7) is 0.392. The molecule has 1 N–H and O–H groups in total. The second kappa shape index (κ2) is 5.35. The highest BCUT2D eigenvalue weighted by atomic mass is 19.1. The molecule has 0 fully saturated rings. The Morgan fingerprint density at radius 1 is 1.50 bits per heavy atom. The van der Waals surface area contributed by atoms with Crippen molar-refractivity contribution in [2.45, 2.75) is 6.42 Å². The van der Waals surface area contributed by atoms with Crippen LogP contribution in [0.4, 0.5) is 4.39 Å². The molecule has 1 amide bonds. The van der Waals surface area contributed by atoms with Crippen molar-refractivity contribution in [3.63, 3.8) is 0 Å². The number of hydrogen-bond donors (Lipinski definition) is 1. The summed E-state index contributed by atoms with van der Waals surface area (Å²) < 4.78 is 14.6. The van der Waals surface area contributed by atoms with Crippen molar-refractivity contribution >= 4 is 5.91 Å². The zero-order chi connectivity index (χ0) is 13.0. The van der Waals surface area contributed by atoms with Crippen molar-refractivity contribution in [2.24, 2.45) is 7.05 Å². The monoisotopic (exact) mass is 249 g/mol. The van der Waals surface area contributed by atoms with Crippen molar-refractivity contribution < 1.29 is 9.18 Å². The maximum absolute atomic E-state index is 12.8. The van der Waals surface area contributed by atoms with Crippen LogP contribution in [0.1, 0.15) is 16.3 Å². The molecule has 0 saturated heterocycles. The van der Waals surface area contributed by atoms with Gasteiger partial charge in [-0.1, -0.05) is 6.07 Å². The molecule has 0 aromatic carbocycles. The first kappa shape index (κ1) is 12.2. The Bertz CT molecular complexity index is 554. The topological polar surface area (TPSA) is 72.7 Å². The van der Waals surface area contributed by atoms with Gasteiger partial charge in [0.25, 0.3) is 5.91 Å². The normalized spacial score (nSPS) is 10.3. The van der Waals surface area contributed by atoms with E-state index in [9.17, 15) is 9.18 Å². The van der Waals surface area contributed by atoms with Crippen molar-refractivity contribution in [1.29, 1.82) is 0 Å². The zero-order valence-corrected chi connectivity index (χ0v) is 9.80. The lowest BCUT2D eigenvalue weighted by molar-refractivity contribution is 0.0947. The van der Waals surface area contributed by atoms with E-state index in [0.717, 1.165) is 5.82 Å². The Kier molecular flexibility index (Phi) is 3.61. The highest BCUT2D eigenvalue weighted by Crippen LogP contribution is 1.98. The van der Waals surface area contributed by atoms with Gasteiger partial charge in [-0.2, -0.15) is 4.39 Å². The van der Waals surface area contributed by atoms with Gasteiger partial charge < -0.3 is 9.88 Å². The van der Waals surface area contributed by atoms with Gasteiger partial charge in [0.2, 0.25) is 5.95 Å². The molecule has 2 rings (SSSR count). The van der Waals surface area contributed by atoms with Gasteiger partial charge in [0, 0.05) is 20.0 Å². The van der Waals surface area contributed by atoms with Crippen LogP contribution in [-0.2, 0) is 13.5 Å². The van der Waals surface area contributed by atoms with Gasteiger partial charge in [-0.25, -0.2) is 4.98 Å². The minimum atomic E-state index is -0.670. The third kappa shape index (κ3) is 2.88. The van der Waals surface area contributed by atoms with E-state index in [0.29, 0.717) is 13.0 Å². The molecule has 94 valence electrons. The lowest BCUT2D eigenvalue weighted by Crippen LogP contribution is -2.27. The predicted molar refractivity (Wildman–Crippen MR) is 61.2 cm³/mol. The number of halogens is 1. The maximum Gasteiger partial charge on any atom is 0.270 e. The van der Waals surface area contributed by atoms with Crippen LogP contribution in [-0.4, -0.2) is 32.2 Å². The fourth-order valence-electron chi connectivity index (χ4n) is 1.45. The Morgan fingerprint density at radius 3 is 3.00 bits per heavy atom. The molecule has 6 nitrogen and oxygen atoms in total. The minimum Gasteiger partial charge on any atom is -0.350 e. The standard InChI is InChI=1S/C11H12FN5O/c1-17-7-14-16-10(17)5-6-13-11(18)8-3-2-4-9(12)15-8/h2-4,7H,5-6H2,1H3,(H,13,18). The quantitative estimate of drug-likeness (QED) is 0.792. The van der Waals surface area contributed by atoms with Crippen molar-refractivity contribution in [3.05, 3.63) is 42.0 Å². The lowest BCUT2D eigenvalue weighted by Gasteiger charge is -2.04. The second-order valence-corrected chi connectivity index (χ2v) is 3.71. The van der Waals surface area contributed by atoms with Gasteiger partial charge in [-0.05, 0) is 12.1 Å². The molecule has 0 unspecified atom stereocenters. The average molecular weight is 249 g/mol. The fraction of sp³-hybridized carbons (Fsp3) is 0.273. The van der Waals surface area contributed by atoms with Crippen LogP contribution in [0.15, 0.2) is 24.5 Å². The zero-order valence-electron chi connectivity index (χ0n) is 9.80. The summed E-state index contributed by atoms with van der Waals surface area (Å²) in [6, 6.07) is 4.09. The highest BCUT2D eigenvalue weighted by molar-refractivity contribution is 5.92. The van der Waals surface area contributed by atoms with Crippen LogP contribution in [0.3, 0.4) is 0 Å². The third-order valence-corrected chi connectivity index (χ3v) is 2.39. The number of aromatic nitrogens is 4. The number of nitrogens with zero attached hydrogens (tertiary/aromatic N) is 4. The molecule has 0 aliphatic carbocycles. The summed E-state index contributed by atoms with van der Waals surface area (Å²) in [5, 5.41) is 10.3. The average Bonchev–Trinajstić information content (AvgIpc) is 2.75. The number of amides is 1. The lowest BCUT2D eigenvalue weighted by atomic mass is 10.3. The van der Waals surface area contributed by atoms with E-state index in [1.54, 1.807) is 10.9 Å². The van der Waals surface area contributed by atoms with E-state index in [-0.39, 0.29) is 5.69 Å². The number of rotatable bonds is 4. The Balaban J connectivity index is 1.87. The van der Waals surface area contributed by atoms with Gasteiger partial charge in [-0.15, -0.1) is 10.2 Å². The smallest absolute Gasteiger partial charge is 0.270 e. The largest absolute Gasteiger partial charge is 0.350 e. The molecule has 0 spiro atoms. The molecule has 0 aliphatic rings. The van der Waals surface area contributed by atoms with E-state index < -0.39 is 11.9 Å². The summed E-state index contributed by atoms with van der Waals surface area (Å²) in [7, 11) is 1.82. The number of nitrogens with one attached hydrogen (secondary N) is 1. The molecule has 7 heteroatoms. The number of pyridine rings is 1. The van der Waals surface area contributed by atoms with Crippen LogP contribution >= 0.6 is 0 Å². The molecule has 0 saturated carbocycles. The van der Waals surface area contributed by atoms with Gasteiger partial charge in [0.05, 0.1) is 0 Å². The first-order valence-electron chi connectivity index (χ1n) is 5.40. The number of carbonyl (C=O) groups excluding carboxylic acids is 1. The number of carbonyl (C=O) groups is 1. The predicted octanol–water partition coefficient (Wildman–Crippen LogP) is 0.322. The molecule has 0 bridgehead atoms. The molecular formula is C11H12FN5O. The minimum absolute atomic E-state index is 0.0629. The van der Waals surface area contributed by atoms with E-state index in [1.807, 2.05) is 7.05 Å². The summed E-state index contributed by atoms with van der Waals surface area (Å²) in [6.07, 6.45) is 2.14. The molecule has 18 heavy (non-hydrogen) atoms. The molecular weight excluding hydrogens is 237 g/mol. The Hall–Kier alpha value is -2.31. The molecule has 0 aliphatic heterocycles. The highest BCUT2D eigenvalue weighted by Gasteiger charge is 2.08. The molecule has 0 radical (unpaired) electrons. The molecule has 0 atom stereocenters. The molecule has 2 aromatic rings. The number of hydrogen-bond acceptors (Lipinski definition) is 4. The van der Waals surface area contributed by atoms with Crippen LogP contribution < -0.4 is 5.32 Å². The van der Waals surface area contributed by atoms with Gasteiger partial charge in [-0.3, -0.25) is 4.79 Å². The van der Waals surface area contributed by atoms with E-state index in [2.05, 4.69) is 20.5 Å². The van der Waals surface area contributed by atoms with Crippen LogP contribution in [0.2, 0.25) is 0 Å². The van der Waals surface area contributed by atoms with Crippen LogP contribution in [0, 0.1) is 5.95 Å². The van der Waals surface area contributed by atoms with Crippen LogP contribution in [0.5, 0.6) is 0 Å². The Labute approximate surface area is 103 Å². The summed E-state index contributed by atoms with van der Waals surface area (Å²) in [5.41, 5.74) is 0.0629. The van der Waals surface area contributed by atoms with Crippen molar-refractivity contribution in [2.75, 3.05) is 6.54 Å². The Morgan fingerprint density at radius 2 is 2.33 bits per heavy atom. The van der Waals surface area contributed by atoms with Crippen molar-refractivity contribution in [3.8, 4) is 0 Å². The van der Waals surface area contributed by atoms with Gasteiger partial charge >= 0.3 is 0 Å². The fourth-order valence-corrected chi connectivity index (χ4v) is 1.45. The number of aryl methyl sites for hydroxylation is 1. The SMILES string of the molecule is Cn1cnnc1CCNC(=O)c1cccc(F)n1. The van der Waals surface area contributed by atoms with E-state index in [4.69, 9.17) is 0 Å². The second-order valence-electron chi connectivity index (χ2n) is 3.71. The molecule has 2 aromatic heterocycles. The maximum atomic E-state index is 12.8. The first-order valence-corrected chi connectivity index (χ1v) is 5.40. The van der Waals surface area contributed by atoms with E-state index in [1.165, 1.54) is 18.2 Å². The summed E-state index contributed by atoms with van der Waals surface area (Å²) >= 11 is 0. The van der Waals surface area contributed by atoms with Gasteiger partial charge in [0.15, 0.2) is 0 Å². The van der Waals surface area contributed by atoms with Crippen molar-refractivity contribution in [1.82, 2.24) is 25.1 Å². The molecule has 2 heterocycles. The summed E-state index contributed by atoms with van der Waals surface area (Å²) in [4.78, 5) is 15.1. The third-order valence-electron chi connectivity index (χ3n) is 2.39.